The smallest absolute Gasteiger partial charge is 0.264 e. The lowest BCUT2D eigenvalue weighted by Gasteiger charge is -2.13. The molecule has 106 valence electrons. The molecular weight excluding hydrogens is 296 g/mol. The first-order valence-corrected chi connectivity index (χ1v) is 7.81. The van der Waals surface area contributed by atoms with Gasteiger partial charge >= 0.3 is 0 Å². The summed E-state index contributed by atoms with van der Waals surface area (Å²) >= 11 is 5.83. The predicted molar refractivity (Wildman–Crippen MR) is 82.6 cm³/mol. The maximum absolute atomic E-state index is 12.4. The van der Waals surface area contributed by atoms with Gasteiger partial charge in [-0.15, -0.1) is 0 Å². The predicted octanol–water partition coefficient (Wildman–Crippen LogP) is 3.34. The Hall–Kier alpha value is -1.72. The highest BCUT2D eigenvalue weighted by molar-refractivity contribution is 7.92. The fourth-order valence-corrected chi connectivity index (χ4v) is 3.32. The van der Waals surface area contributed by atoms with E-state index in [1.54, 1.807) is 18.2 Å². The Balaban J connectivity index is 2.46. The average molecular weight is 311 g/mol. The Kier molecular flexibility index (Phi) is 3.92. The number of anilines is 2. The molecule has 3 N–H and O–H groups in total. The second-order valence-electron chi connectivity index (χ2n) is 4.54. The maximum Gasteiger partial charge on any atom is 0.264 e. The zero-order valence-electron chi connectivity index (χ0n) is 11.1. The minimum absolute atomic E-state index is 0.0223. The molecule has 0 spiro atoms. The van der Waals surface area contributed by atoms with E-state index in [-0.39, 0.29) is 10.6 Å². The molecule has 0 saturated carbocycles. The van der Waals surface area contributed by atoms with Crippen LogP contribution in [-0.4, -0.2) is 8.42 Å². The van der Waals surface area contributed by atoms with Crippen LogP contribution in [-0.2, 0) is 10.0 Å². The Labute approximate surface area is 123 Å². The molecule has 0 saturated heterocycles. The summed E-state index contributed by atoms with van der Waals surface area (Å²) in [7, 11) is -3.77. The lowest BCUT2D eigenvalue weighted by Crippen LogP contribution is -2.15. The number of benzene rings is 2. The van der Waals surface area contributed by atoms with Crippen LogP contribution in [0.15, 0.2) is 41.3 Å². The maximum atomic E-state index is 12.4. The molecule has 0 heterocycles. The normalized spacial score (nSPS) is 11.3. The van der Waals surface area contributed by atoms with Crippen LogP contribution in [0.1, 0.15) is 11.1 Å². The summed E-state index contributed by atoms with van der Waals surface area (Å²) in [5.74, 6) is 0. The van der Waals surface area contributed by atoms with Crippen LogP contribution in [0.2, 0.25) is 5.02 Å². The van der Waals surface area contributed by atoms with Crippen molar-refractivity contribution in [3.05, 3.63) is 52.5 Å². The van der Waals surface area contributed by atoms with E-state index in [1.807, 2.05) is 19.9 Å². The summed E-state index contributed by atoms with van der Waals surface area (Å²) in [6.45, 7) is 3.77. The molecule has 0 atom stereocenters. The van der Waals surface area contributed by atoms with Gasteiger partial charge in [-0.2, -0.15) is 0 Å². The van der Waals surface area contributed by atoms with Crippen molar-refractivity contribution in [2.75, 3.05) is 10.5 Å². The molecule has 0 aliphatic carbocycles. The minimum Gasteiger partial charge on any atom is -0.398 e. The van der Waals surface area contributed by atoms with E-state index in [0.29, 0.717) is 10.7 Å². The minimum atomic E-state index is -3.77. The van der Waals surface area contributed by atoms with Crippen molar-refractivity contribution in [3.8, 4) is 0 Å². The summed E-state index contributed by atoms with van der Waals surface area (Å²) in [4.78, 5) is -0.0223. The van der Waals surface area contributed by atoms with Gasteiger partial charge in [-0.25, -0.2) is 8.42 Å². The van der Waals surface area contributed by atoms with Crippen molar-refractivity contribution in [3.63, 3.8) is 0 Å². The lowest BCUT2D eigenvalue weighted by molar-refractivity contribution is 0.601. The molecule has 2 aromatic carbocycles. The summed E-state index contributed by atoms with van der Waals surface area (Å²) in [5, 5.41) is 0.320. The zero-order chi connectivity index (χ0) is 14.9. The number of nitrogens with two attached hydrogens (primary N) is 1. The van der Waals surface area contributed by atoms with Crippen LogP contribution >= 0.6 is 11.6 Å². The van der Waals surface area contributed by atoms with Gasteiger partial charge in [0.25, 0.3) is 10.0 Å². The second-order valence-corrected chi connectivity index (χ2v) is 6.62. The highest BCUT2D eigenvalue weighted by Gasteiger charge is 2.19. The SMILES string of the molecule is Cc1cccc(NS(=O)(=O)c2cc(Cl)ccc2N)c1C. The topological polar surface area (TPSA) is 72.2 Å². The van der Waals surface area contributed by atoms with E-state index in [4.69, 9.17) is 17.3 Å². The van der Waals surface area contributed by atoms with Gasteiger partial charge in [0.1, 0.15) is 4.90 Å². The molecule has 0 unspecified atom stereocenters. The highest BCUT2D eigenvalue weighted by atomic mass is 35.5. The van der Waals surface area contributed by atoms with E-state index in [9.17, 15) is 8.42 Å². The van der Waals surface area contributed by atoms with Crippen molar-refractivity contribution in [1.29, 1.82) is 0 Å². The molecule has 0 aromatic heterocycles. The Morgan fingerprint density at radius 2 is 1.85 bits per heavy atom. The number of halogens is 1. The van der Waals surface area contributed by atoms with Crippen molar-refractivity contribution in [1.82, 2.24) is 0 Å². The zero-order valence-corrected chi connectivity index (χ0v) is 12.7. The molecular formula is C14H15ClN2O2S. The summed E-state index contributed by atoms with van der Waals surface area (Å²) < 4.78 is 27.3. The van der Waals surface area contributed by atoms with Gasteiger partial charge in [0.2, 0.25) is 0 Å². The number of hydrogen-bond acceptors (Lipinski definition) is 3. The monoisotopic (exact) mass is 310 g/mol. The van der Waals surface area contributed by atoms with E-state index in [0.717, 1.165) is 11.1 Å². The Morgan fingerprint density at radius 3 is 2.55 bits per heavy atom. The van der Waals surface area contributed by atoms with Crippen molar-refractivity contribution < 1.29 is 8.42 Å². The van der Waals surface area contributed by atoms with Gasteiger partial charge in [0.15, 0.2) is 0 Å². The average Bonchev–Trinajstić information content (AvgIpc) is 2.37. The van der Waals surface area contributed by atoms with Gasteiger partial charge in [0.05, 0.1) is 11.4 Å². The van der Waals surface area contributed by atoms with Crippen molar-refractivity contribution in [2.45, 2.75) is 18.7 Å². The van der Waals surface area contributed by atoms with Crippen LogP contribution in [0.5, 0.6) is 0 Å². The van der Waals surface area contributed by atoms with Gasteiger partial charge in [-0.1, -0.05) is 23.7 Å². The Morgan fingerprint density at radius 1 is 1.15 bits per heavy atom. The van der Waals surface area contributed by atoms with E-state index in [1.165, 1.54) is 12.1 Å². The fourth-order valence-electron chi connectivity index (χ4n) is 1.80. The molecule has 0 fully saturated rings. The largest absolute Gasteiger partial charge is 0.398 e. The van der Waals surface area contributed by atoms with Crippen molar-refractivity contribution in [2.24, 2.45) is 0 Å². The van der Waals surface area contributed by atoms with E-state index in [2.05, 4.69) is 4.72 Å². The van der Waals surface area contributed by atoms with Crippen LogP contribution in [0.25, 0.3) is 0 Å². The molecule has 0 radical (unpaired) electrons. The first-order valence-electron chi connectivity index (χ1n) is 5.95. The molecule has 6 heteroatoms. The number of sulfonamides is 1. The van der Waals surface area contributed by atoms with Gasteiger partial charge in [-0.3, -0.25) is 4.72 Å². The van der Waals surface area contributed by atoms with E-state index < -0.39 is 10.0 Å². The van der Waals surface area contributed by atoms with Crippen LogP contribution < -0.4 is 10.5 Å². The first kappa shape index (κ1) is 14.7. The number of nitrogens with one attached hydrogen (secondary N) is 1. The quantitative estimate of drug-likeness (QED) is 0.854. The standard InChI is InChI=1S/C14H15ClN2O2S/c1-9-4-3-5-13(10(9)2)17-20(18,19)14-8-11(15)6-7-12(14)16/h3-8,17H,16H2,1-2H3. The number of hydrogen-bond donors (Lipinski definition) is 2. The van der Waals surface area contributed by atoms with Gasteiger partial charge in [-0.05, 0) is 49.2 Å². The molecule has 20 heavy (non-hydrogen) atoms. The molecule has 4 nitrogen and oxygen atoms in total. The van der Waals surface area contributed by atoms with Gasteiger partial charge in [0, 0.05) is 5.02 Å². The fraction of sp³-hybridized carbons (Fsp3) is 0.143. The third-order valence-corrected chi connectivity index (χ3v) is 4.77. The molecule has 2 rings (SSSR count). The lowest BCUT2D eigenvalue weighted by atomic mass is 10.1. The Bertz CT molecular complexity index is 758. The summed E-state index contributed by atoms with van der Waals surface area (Å²) in [6, 6.07) is 9.78. The molecule has 2 aromatic rings. The molecule has 0 bridgehead atoms. The van der Waals surface area contributed by atoms with Crippen LogP contribution in [0, 0.1) is 13.8 Å². The summed E-state index contributed by atoms with van der Waals surface area (Å²) in [6.07, 6.45) is 0. The van der Waals surface area contributed by atoms with E-state index >= 15 is 0 Å². The van der Waals surface area contributed by atoms with Crippen molar-refractivity contribution >= 4 is 33.0 Å². The van der Waals surface area contributed by atoms with Gasteiger partial charge < -0.3 is 5.73 Å². The number of rotatable bonds is 3. The third-order valence-electron chi connectivity index (χ3n) is 3.11. The first-order chi connectivity index (χ1) is 9.31. The third kappa shape index (κ3) is 2.89. The molecule has 0 aliphatic rings. The van der Waals surface area contributed by atoms with Crippen LogP contribution in [0.4, 0.5) is 11.4 Å². The number of nitrogen functional groups attached to an aromatic ring is 1. The molecule has 0 amide bonds. The second kappa shape index (κ2) is 5.34. The summed E-state index contributed by atoms with van der Waals surface area (Å²) in [5.41, 5.74) is 8.29. The van der Waals surface area contributed by atoms with Crippen LogP contribution in [0.3, 0.4) is 0 Å². The number of aryl methyl sites for hydroxylation is 1. The highest BCUT2D eigenvalue weighted by Crippen LogP contribution is 2.26. The molecule has 0 aliphatic heterocycles.